The van der Waals surface area contributed by atoms with Crippen LogP contribution in [-0.4, -0.2) is 72.5 Å². The highest BCUT2D eigenvalue weighted by Crippen LogP contribution is 2.23. The molecule has 6 heteroatoms. The molecule has 0 aliphatic carbocycles. The van der Waals surface area contributed by atoms with Crippen LogP contribution in [0, 0.1) is 0 Å². The van der Waals surface area contributed by atoms with E-state index in [1.54, 1.807) is 19.0 Å². The van der Waals surface area contributed by atoms with E-state index in [-0.39, 0.29) is 24.0 Å². The van der Waals surface area contributed by atoms with Crippen molar-refractivity contribution in [2.24, 2.45) is 0 Å². The first-order valence-electron chi connectivity index (χ1n) is 8.31. The molecule has 0 atom stereocenters. The lowest BCUT2D eigenvalue weighted by atomic mass is 9.98. The molecule has 1 heterocycles. The summed E-state index contributed by atoms with van der Waals surface area (Å²) in [6, 6.07) is 10.2. The third kappa shape index (κ3) is 4.71. The quantitative estimate of drug-likeness (QED) is 0.906. The van der Waals surface area contributed by atoms with Crippen LogP contribution >= 0.6 is 0 Å². The van der Waals surface area contributed by atoms with Gasteiger partial charge >= 0.3 is 6.03 Å². The van der Waals surface area contributed by atoms with E-state index < -0.39 is 0 Å². The second-order valence-corrected chi connectivity index (χ2v) is 7.09. The van der Waals surface area contributed by atoms with Crippen LogP contribution in [0.5, 0.6) is 0 Å². The van der Waals surface area contributed by atoms with E-state index in [0.29, 0.717) is 13.1 Å². The van der Waals surface area contributed by atoms with E-state index in [1.165, 1.54) is 10.5 Å². The Kier molecular flexibility index (Phi) is 5.83. The Labute approximate surface area is 144 Å². The van der Waals surface area contributed by atoms with Crippen LogP contribution in [0.15, 0.2) is 30.3 Å². The van der Waals surface area contributed by atoms with Crippen LogP contribution in [0.2, 0.25) is 0 Å². The first-order valence-corrected chi connectivity index (χ1v) is 8.31. The van der Waals surface area contributed by atoms with Gasteiger partial charge in [-0.25, -0.2) is 4.79 Å². The van der Waals surface area contributed by atoms with Gasteiger partial charge in [0, 0.05) is 45.8 Å². The van der Waals surface area contributed by atoms with E-state index >= 15 is 0 Å². The summed E-state index contributed by atoms with van der Waals surface area (Å²) in [6.07, 6.45) is 0. The number of carbonyl (C=O) groups excluding carboxylic acids is 2. The van der Waals surface area contributed by atoms with E-state index in [1.807, 2.05) is 18.2 Å². The first kappa shape index (κ1) is 18.3. The summed E-state index contributed by atoms with van der Waals surface area (Å²) in [4.78, 5) is 29.6. The minimum atomic E-state index is -0.169. The Hall–Kier alpha value is -2.08. The maximum Gasteiger partial charge on any atom is 0.317 e. The third-order valence-corrected chi connectivity index (χ3v) is 4.47. The third-order valence-electron chi connectivity index (χ3n) is 4.47. The summed E-state index contributed by atoms with van der Waals surface area (Å²) in [5.41, 5.74) is 1.16. The van der Waals surface area contributed by atoms with Crippen molar-refractivity contribution in [3.05, 3.63) is 35.9 Å². The Bertz CT molecular complexity index is 572. The SMILES string of the molecule is CN(C)C(=O)CNC(=O)N1CCN(Cc2ccccc2)C(C)(C)C1. The first-order chi connectivity index (χ1) is 11.3. The average Bonchev–Trinajstić information content (AvgIpc) is 2.54. The van der Waals surface area contributed by atoms with E-state index in [0.717, 1.165) is 13.1 Å². The standard InChI is InChI=1S/C18H28N4O2/c1-18(2)14-21(17(24)19-12-16(23)20(3)4)10-11-22(18)13-15-8-6-5-7-9-15/h5-9H,10-14H2,1-4H3,(H,19,24). The highest BCUT2D eigenvalue weighted by molar-refractivity contribution is 5.83. The largest absolute Gasteiger partial charge is 0.347 e. The number of urea groups is 1. The van der Waals surface area contributed by atoms with Gasteiger partial charge in [0.1, 0.15) is 0 Å². The normalized spacial score (nSPS) is 17.4. The summed E-state index contributed by atoms with van der Waals surface area (Å²) in [6.45, 7) is 7.34. The van der Waals surface area contributed by atoms with Gasteiger partial charge in [0.25, 0.3) is 0 Å². The summed E-state index contributed by atoms with van der Waals surface area (Å²) in [5, 5.41) is 2.71. The number of likely N-dealkylation sites (N-methyl/N-ethyl adjacent to an activating group) is 1. The predicted molar refractivity (Wildman–Crippen MR) is 94.6 cm³/mol. The van der Waals surface area contributed by atoms with Crippen LogP contribution in [0.3, 0.4) is 0 Å². The molecule has 1 fully saturated rings. The van der Waals surface area contributed by atoms with Gasteiger partial charge in [-0.15, -0.1) is 0 Å². The van der Waals surface area contributed by atoms with Gasteiger partial charge < -0.3 is 15.1 Å². The molecule has 0 saturated carbocycles. The fourth-order valence-corrected chi connectivity index (χ4v) is 2.88. The van der Waals surface area contributed by atoms with Crippen molar-refractivity contribution in [2.75, 3.05) is 40.3 Å². The zero-order chi connectivity index (χ0) is 17.7. The Balaban J connectivity index is 1.90. The van der Waals surface area contributed by atoms with Gasteiger partial charge in [0.05, 0.1) is 6.54 Å². The van der Waals surface area contributed by atoms with Crippen molar-refractivity contribution in [1.29, 1.82) is 0 Å². The molecule has 0 spiro atoms. The number of nitrogens with zero attached hydrogens (tertiary/aromatic N) is 3. The lowest BCUT2D eigenvalue weighted by Crippen LogP contribution is -2.61. The molecule has 0 aromatic heterocycles. The molecule has 6 nitrogen and oxygen atoms in total. The van der Waals surface area contributed by atoms with Crippen molar-refractivity contribution in [2.45, 2.75) is 25.9 Å². The van der Waals surface area contributed by atoms with Crippen LogP contribution in [0.4, 0.5) is 4.79 Å². The van der Waals surface area contributed by atoms with Crippen molar-refractivity contribution in [1.82, 2.24) is 20.0 Å². The van der Waals surface area contributed by atoms with E-state index in [9.17, 15) is 9.59 Å². The number of nitrogens with one attached hydrogen (secondary N) is 1. The lowest BCUT2D eigenvalue weighted by Gasteiger charge is -2.47. The molecule has 1 aliphatic rings. The second-order valence-electron chi connectivity index (χ2n) is 7.09. The van der Waals surface area contributed by atoms with Gasteiger partial charge in [-0.1, -0.05) is 30.3 Å². The number of hydrogen-bond donors (Lipinski definition) is 1. The summed E-state index contributed by atoms with van der Waals surface area (Å²) in [5.74, 6) is -0.106. The minimum Gasteiger partial charge on any atom is -0.347 e. The van der Waals surface area contributed by atoms with Crippen molar-refractivity contribution < 1.29 is 9.59 Å². The highest BCUT2D eigenvalue weighted by Gasteiger charge is 2.35. The molecule has 0 radical (unpaired) electrons. The maximum absolute atomic E-state index is 12.3. The van der Waals surface area contributed by atoms with Gasteiger partial charge in [-0.2, -0.15) is 0 Å². The molecule has 3 amide bonds. The zero-order valence-electron chi connectivity index (χ0n) is 15.1. The Morgan fingerprint density at radius 1 is 1.17 bits per heavy atom. The molecular formula is C18H28N4O2. The Morgan fingerprint density at radius 2 is 1.83 bits per heavy atom. The van der Waals surface area contributed by atoms with Crippen LogP contribution < -0.4 is 5.32 Å². The highest BCUT2D eigenvalue weighted by atomic mass is 16.2. The van der Waals surface area contributed by atoms with Gasteiger partial charge in [0.2, 0.25) is 5.91 Å². The maximum atomic E-state index is 12.3. The second kappa shape index (κ2) is 7.66. The van der Waals surface area contributed by atoms with E-state index in [4.69, 9.17) is 0 Å². The molecule has 1 aromatic carbocycles. The van der Waals surface area contributed by atoms with Crippen LogP contribution in [-0.2, 0) is 11.3 Å². The minimum absolute atomic E-state index is 0.0382. The fourth-order valence-electron chi connectivity index (χ4n) is 2.88. The molecular weight excluding hydrogens is 304 g/mol. The number of amides is 3. The topological polar surface area (TPSA) is 55.9 Å². The molecule has 1 aliphatic heterocycles. The Morgan fingerprint density at radius 3 is 2.42 bits per heavy atom. The fraction of sp³-hybridized carbons (Fsp3) is 0.556. The zero-order valence-corrected chi connectivity index (χ0v) is 15.1. The number of carbonyl (C=O) groups is 2. The molecule has 1 N–H and O–H groups in total. The average molecular weight is 332 g/mol. The number of benzene rings is 1. The molecule has 2 rings (SSSR count). The van der Waals surface area contributed by atoms with Gasteiger partial charge in [0.15, 0.2) is 0 Å². The van der Waals surface area contributed by atoms with Crippen LogP contribution in [0.25, 0.3) is 0 Å². The molecule has 24 heavy (non-hydrogen) atoms. The van der Waals surface area contributed by atoms with Gasteiger partial charge in [-0.3, -0.25) is 9.69 Å². The summed E-state index contributed by atoms with van der Waals surface area (Å²) < 4.78 is 0. The monoisotopic (exact) mass is 332 g/mol. The predicted octanol–water partition coefficient (Wildman–Crippen LogP) is 1.38. The van der Waals surface area contributed by atoms with E-state index in [2.05, 4.69) is 36.2 Å². The lowest BCUT2D eigenvalue weighted by molar-refractivity contribution is -0.127. The summed E-state index contributed by atoms with van der Waals surface area (Å²) >= 11 is 0. The smallest absolute Gasteiger partial charge is 0.317 e. The molecule has 1 aromatic rings. The number of hydrogen-bond acceptors (Lipinski definition) is 3. The summed E-state index contributed by atoms with van der Waals surface area (Å²) in [7, 11) is 3.36. The number of piperazine rings is 1. The van der Waals surface area contributed by atoms with Gasteiger partial charge in [-0.05, 0) is 19.4 Å². The molecule has 1 saturated heterocycles. The van der Waals surface area contributed by atoms with Crippen molar-refractivity contribution >= 4 is 11.9 Å². The molecule has 132 valence electrons. The number of rotatable bonds is 4. The molecule has 0 unspecified atom stereocenters. The van der Waals surface area contributed by atoms with Crippen molar-refractivity contribution in [3.63, 3.8) is 0 Å². The van der Waals surface area contributed by atoms with Crippen LogP contribution in [0.1, 0.15) is 19.4 Å². The molecule has 0 bridgehead atoms. The van der Waals surface area contributed by atoms with Crippen molar-refractivity contribution in [3.8, 4) is 0 Å².